The van der Waals surface area contributed by atoms with Gasteiger partial charge in [-0.15, -0.1) is 0 Å². The van der Waals surface area contributed by atoms with Crippen molar-refractivity contribution in [2.24, 2.45) is 5.92 Å². The van der Waals surface area contributed by atoms with Gasteiger partial charge in [0.15, 0.2) is 0 Å². The first kappa shape index (κ1) is 14.9. The van der Waals surface area contributed by atoms with Crippen molar-refractivity contribution in [2.45, 2.75) is 25.0 Å². The normalized spacial score (nSPS) is 25.9. The predicted octanol–water partition coefficient (Wildman–Crippen LogP) is 4.98. The van der Waals surface area contributed by atoms with Crippen molar-refractivity contribution in [2.75, 3.05) is 19.0 Å². The zero-order valence-electron chi connectivity index (χ0n) is 13.1. The van der Waals surface area contributed by atoms with Gasteiger partial charge >= 0.3 is 0 Å². The minimum Gasteiger partial charge on any atom is -0.497 e. The van der Waals surface area contributed by atoms with E-state index in [-0.39, 0.29) is 12.1 Å². The lowest BCUT2D eigenvalue weighted by atomic mass is 9.77. The molecule has 2 heterocycles. The molecule has 4 rings (SSSR count). The van der Waals surface area contributed by atoms with Crippen LogP contribution in [0.4, 0.5) is 5.69 Å². The van der Waals surface area contributed by atoms with Crippen LogP contribution in [-0.2, 0) is 4.74 Å². The molecule has 120 valence electrons. The summed E-state index contributed by atoms with van der Waals surface area (Å²) in [6.45, 7) is 0.822. The van der Waals surface area contributed by atoms with Crippen molar-refractivity contribution in [1.82, 2.24) is 0 Å². The third-order valence-corrected chi connectivity index (χ3v) is 5.14. The highest BCUT2D eigenvalue weighted by Crippen LogP contribution is 2.49. The first-order valence-corrected chi connectivity index (χ1v) is 8.45. The van der Waals surface area contributed by atoms with E-state index in [0.29, 0.717) is 5.92 Å². The van der Waals surface area contributed by atoms with E-state index in [4.69, 9.17) is 21.1 Å². The molecular formula is C19H20ClNO2. The van der Waals surface area contributed by atoms with E-state index in [1.165, 1.54) is 11.1 Å². The number of methoxy groups -OCH3 is 1. The van der Waals surface area contributed by atoms with Crippen molar-refractivity contribution in [3.8, 4) is 5.75 Å². The number of ether oxygens (including phenoxy) is 2. The molecule has 2 aliphatic heterocycles. The highest BCUT2D eigenvalue weighted by Gasteiger charge is 2.39. The second kappa shape index (κ2) is 6.06. The van der Waals surface area contributed by atoms with E-state index >= 15 is 0 Å². The van der Waals surface area contributed by atoms with Gasteiger partial charge in [0.25, 0.3) is 0 Å². The van der Waals surface area contributed by atoms with E-state index in [1.807, 2.05) is 24.3 Å². The van der Waals surface area contributed by atoms with Gasteiger partial charge in [-0.2, -0.15) is 0 Å². The van der Waals surface area contributed by atoms with Crippen LogP contribution in [0.15, 0.2) is 42.5 Å². The van der Waals surface area contributed by atoms with Crippen molar-refractivity contribution >= 4 is 17.3 Å². The summed E-state index contributed by atoms with van der Waals surface area (Å²) in [6, 6.07) is 14.6. The molecule has 4 heteroatoms. The molecule has 0 spiro atoms. The Hall–Kier alpha value is -1.71. The summed E-state index contributed by atoms with van der Waals surface area (Å²) in [7, 11) is 1.69. The average Bonchev–Trinajstić information content (AvgIpc) is 2.61. The maximum absolute atomic E-state index is 6.20. The summed E-state index contributed by atoms with van der Waals surface area (Å²) >= 11 is 6.20. The summed E-state index contributed by atoms with van der Waals surface area (Å²) in [5, 5.41) is 4.46. The van der Waals surface area contributed by atoms with Crippen LogP contribution in [-0.4, -0.2) is 13.7 Å². The van der Waals surface area contributed by atoms with Crippen LogP contribution in [0, 0.1) is 5.92 Å². The van der Waals surface area contributed by atoms with Crippen LogP contribution in [0.2, 0.25) is 5.02 Å². The van der Waals surface area contributed by atoms with Crippen LogP contribution < -0.4 is 10.1 Å². The molecule has 2 aromatic rings. The van der Waals surface area contributed by atoms with Gasteiger partial charge in [-0.3, -0.25) is 0 Å². The molecule has 3 atom stereocenters. The SMILES string of the molecule is COc1ccc([C@H]2Nc3ccc(Cl)cc3[C@H]3OCCC[C@@H]23)cc1. The monoisotopic (exact) mass is 329 g/mol. The van der Waals surface area contributed by atoms with Crippen LogP contribution >= 0.6 is 11.6 Å². The van der Waals surface area contributed by atoms with Crippen LogP contribution in [0.3, 0.4) is 0 Å². The molecule has 1 fully saturated rings. The quantitative estimate of drug-likeness (QED) is 0.842. The second-order valence-electron chi connectivity index (χ2n) is 6.22. The van der Waals surface area contributed by atoms with Crippen molar-refractivity contribution < 1.29 is 9.47 Å². The number of benzene rings is 2. The molecule has 23 heavy (non-hydrogen) atoms. The molecule has 0 amide bonds. The lowest BCUT2D eigenvalue weighted by Crippen LogP contribution is -2.35. The first-order chi connectivity index (χ1) is 11.3. The third-order valence-electron chi connectivity index (χ3n) is 4.90. The Balaban J connectivity index is 1.73. The molecule has 0 radical (unpaired) electrons. The molecule has 1 N–H and O–H groups in total. The Bertz CT molecular complexity index is 701. The number of halogens is 1. The Morgan fingerprint density at radius 3 is 2.78 bits per heavy atom. The fourth-order valence-corrected chi connectivity index (χ4v) is 3.96. The number of nitrogens with one attached hydrogen (secondary N) is 1. The number of hydrogen-bond acceptors (Lipinski definition) is 3. The number of hydrogen-bond donors (Lipinski definition) is 1. The van der Waals surface area contributed by atoms with Crippen molar-refractivity contribution in [1.29, 1.82) is 0 Å². The first-order valence-electron chi connectivity index (χ1n) is 8.08. The predicted molar refractivity (Wildman–Crippen MR) is 92.2 cm³/mol. The van der Waals surface area contributed by atoms with Crippen LogP contribution in [0.25, 0.3) is 0 Å². The van der Waals surface area contributed by atoms with Gasteiger partial charge in [-0.25, -0.2) is 0 Å². The molecule has 2 aliphatic rings. The Morgan fingerprint density at radius 1 is 1.17 bits per heavy atom. The Labute approximate surface area is 141 Å². The minimum absolute atomic E-state index is 0.116. The van der Waals surface area contributed by atoms with Gasteiger partial charge in [0, 0.05) is 28.8 Å². The largest absolute Gasteiger partial charge is 0.497 e. The van der Waals surface area contributed by atoms with Gasteiger partial charge in [-0.1, -0.05) is 23.7 Å². The lowest BCUT2D eigenvalue weighted by molar-refractivity contribution is -0.0381. The topological polar surface area (TPSA) is 30.5 Å². The molecule has 0 unspecified atom stereocenters. The average molecular weight is 330 g/mol. The summed E-state index contributed by atoms with van der Waals surface area (Å²) in [6.07, 6.45) is 2.37. The molecule has 3 nitrogen and oxygen atoms in total. The lowest BCUT2D eigenvalue weighted by Gasteiger charge is -2.43. The standard InChI is InChI=1S/C19H20ClNO2/c1-22-14-7-4-12(5-8-14)18-15-3-2-10-23-19(15)16-11-13(20)6-9-17(16)21-18/h4-9,11,15,18-19,21H,2-3,10H2,1H3/t15-,18+,19-/m0/s1. The zero-order valence-corrected chi connectivity index (χ0v) is 13.8. The molecule has 0 aromatic heterocycles. The maximum Gasteiger partial charge on any atom is 0.118 e. The molecule has 0 bridgehead atoms. The van der Waals surface area contributed by atoms with E-state index in [0.717, 1.165) is 35.9 Å². The number of anilines is 1. The fourth-order valence-electron chi connectivity index (χ4n) is 3.78. The third kappa shape index (κ3) is 2.68. The summed E-state index contributed by atoms with van der Waals surface area (Å²) in [5.74, 6) is 1.30. The number of fused-ring (bicyclic) bond motifs is 3. The van der Waals surface area contributed by atoms with Gasteiger partial charge in [0.05, 0.1) is 19.3 Å². The maximum atomic E-state index is 6.20. The second-order valence-corrected chi connectivity index (χ2v) is 6.66. The summed E-state index contributed by atoms with van der Waals surface area (Å²) in [4.78, 5) is 0. The van der Waals surface area contributed by atoms with E-state index in [1.54, 1.807) is 7.11 Å². The van der Waals surface area contributed by atoms with Gasteiger partial charge in [0.1, 0.15) is 5.75 Å². The zero-order chi connectivity index (χ0) is 15.8. The van der Waals surface area contributed by atoms with E-state index in [9.17, 15) is 0 Å². The molecule has 0 saturated carbocycles. The minimum atomic E-state index is 0.116. The van der Waals surface area contributed by atoms with Crippen LogP contribution in [0.5, 0.6) is 5.75 Å². The Morgan fingerprint density at radius 2 is 2.00 bits per heavy atom. The highest BCUT2D eigenvalue weighted by atomic mass is 35.5. The fraction of sp³-hybridized carbons (Fsp3) is 0.368. The van der Waals surface area contributed by atoms with E-state index < -0.39 is 0 Å². The van der Waals surface area contributed by atoms with Crippen molar-refractivity contribution in [3.05, 3.63) is 58.6 Å². The van der Waals surface area contributed by atoms with Crippen molar-refractivity contribution in [3.63, 3.8) is 0 Å². The van der Waals surface area contributed by atoms with Crippen LogP contribution in [0.1, 0.15) is 36.1 Å². The number of rotatable bonds is 2. The Kier molecular flexibility index (Phi) is 3.92. The van der Waals surface area contributed by atoms with Gasteiger partial charge in [0.2, 0.25) is 0 Å². The molecular weight excluding hydrogens is 310 g/mol. The van der Waals surface area contributed by atoms with Gasteiger partial charge < -0.3 is 14.8 Å². The molecule has 1 saturated heterocycles. The van der Waals surface area contributed by atoms with Gasteiger partial charge in [-0.05, 0) is 48.7 Å². The molecule has 0 aliphatic carbocycles. The molecule has 2 aromatic carbocycles. The summed E-state index contributed by atoms with van der Waals surface area (Å²) in [5.41, 5.74) is 3.58. The highest BCUT2D eigenvalue weighted by molar-refractivity contribution is 6.30. The smallest absolute Gasteiger partial charge is 0.118 e. The summed E-state index contributed by atoms with van der Waals surface area (Å²) < 4.78 is 11.4. The van der Waals surface area contributed by atoms with E-state index in [2.05, 4.69) is 23.5 Å².